The number of hydrogen-bond donors (Lipinski definition) is 0. The molecule has 2 aromatic heterocycles. The van der Waals surface area contributed by atoms with E-state index in [1.165, 1.54) is 41.0 Å². The van der Waals surface area contributed by atoms with Crippen LogP contribution in [0.25, 0.3) is 77.2 Å². The molecule has 0 bridgehead atoms. The molecule has 0 N–H and O–H groups in total. The second kappa shape index (κ2) is 14.4. The van der Waals surface area contributed by atoms with E-state index in [9.17, 15) is 57.9 Å². The van der Waals surface area contributed by atoms with Crippen molar-refractivity contribution in [3.05, 3.63) is 166 Å². The molecule has 0 unspecified atom stereocenters. The van der Waals surface area contributed by atoms with Gasteiger partial charge in [0.05, 0.1) is 67.3 Å². The minimum atomic E-state index is -5.17. The Bertz CT molecular complexity index is 3260. The van der Waals surface area contributed by atoms with Gasteiger partial charge in [-0.2, -0.15) is 57.9 Å². The lowest BCUT2D eigenvalue weighted by molar-refractivity contribution is -0.143. The summed E-state index contributed by atoms with van der Waals surface area (Å²) in [6, 6.07) is 28.2. The summed E-state index contributed by atoms with van der Waals surface area (Å²) >= 11 is 0. The Morgan fingerprint density at radius 3 is 1.27 bits per heavy atom. The van der Waals surface area contributed by atoms with E-state index < -0.39 is 52.5 Å². The zero-order valence-electron chi connectivity index (χ0n) is 33.0. The maximum Gasteiger partial charge on any atom is 0.416 e. The minimum absolute atomic E-state index is 0.00637. The third-order valence-corrected chi connectivity index (χ3v) is 11.3. The van der Waals surface area contributed by atoms with E-state index in [2.05, 4.69) is 0 Å². The van der Waals surface area contributed by atoms with E-state index in [4.69, 9.17) is 0 Å². The van der Waals surface area contributed by atoms with E-state index in [1.807, 2.05) is 60.9 Å². The number of hydrogen-bond acceptors (Lipinski definition) is 1. The molecule has 2 heterocycles. The van der Waals surface area contributed by atoms with Crippen molar-refractivity contribution >= 4 is 43.6 Å². The van der Waals surface area contributed by atoms with Crippen molar-refractivity contribution in [1.29, 1.82) is 5.26 Å². The van der Waals surface area contributed by atoms with E-state index >= 15 is 0 Å². The van der Waals surface area contributed by atoms with Gasteiger partial charge in [0.25, 0.3) is 0 Å². The standard InChI is InChI=1S/C49H27F12N3/c1-25-3-10-40-35(15-25)36-16-26(2)4-11-41(36)63(40)42-12-6-28(29-18-32(48(56,57)58)21-33(19-29)49(59,60)61)20-37(42)34-9-5-27(24-62)17-45(34)64-43-13-7-30(46(50,51)52)22-38(43)39-23-31(47(53,54)55)8-14-44(39)64/h3-23H,1-2H3. The molecule has 0 atom stereocenters. The Labute approximate surface area is 354 Å². The molecular weight excluding hydrogens is 859 g/mol. The van der Waals surface area contributed by atoms with Gasteiger partial charge < -0.3 is 9.13 Å². The van der Waals surface area contributed by atoms with Gasteiger partial charge in [0.1, 0.15) is 0 Å². The summed E-state index contributed by atoms with van der Waals surface area (Å²) in [4.78, 5) is 0. The van der Waals surface area contributed by atoms with Crippen LogP contribution in [-0.4, -0.2) is 9.13 Å². The molecule has 0 aliphatic heterocycles. The van der Waals surface area contributed by atoms with Gasteiger partial charge in [0.2, 0.25) is 0 Å². The molecule has 0 fully saturated rings. The van der Waals surface area contributed by atoms with Crippen LogP contribution < -0.4 is 0 Å². The van der Waals surface area contributed by atoms with Crippen LogP contribution in [0.2, 0.25) is 0 Å². The van der Waals surface area contributed by atoms with Crippen LogP contribution in [0.5, 0.6) is 0 Å². The number of halogens is 12. The second-order valence-corrected chi connectivity index (χ2v) is 15.5. The van der Waals surface area contributed by atoms with E-state index in [0.29, 0.717) is 28.9 Å². The molecule has 9 rings (SSSR count). The molecule has 322 valence electrons. The van der Waals surface area contributed by atoms with Crippen LogP contribution in [0, 0.1) is 25.2 Å². The van der Waals surface area contributed by atoms with Crippen LogP contribution in [-0.2, 0) is 24.7 Å². The summed E-state index contributed by atoms with van der Waals surface area (Å²) in [7, 11) is 0. The molecule has 0 spiro atoms. The number of alkyl halides is 12. The van der Waals surface area contributed by atoms with Crippen LogP contribution in [0.4, 0.5) is 52.7 Å². The van der Waals surface area contributed by atoms with Gasteiger partial charge in [-0.3, -0.25) is 0 Å². The fourth-order valence-electron chi connectivity index (χ4n) is 8.41. The Morgan fingerprint density at radius 1 is 0.375 bits per heavy atom. The van der Waals surface area contributed by atoms with Crippen molar-refractivity contribution in [1.82, 2.24) is 9.13 Å². The molecule has 0 aliphatic rings. The summed E-state index contributed by atoms with van der Waals surface area (Å²) in [5.74, 6) is 0. The highest BCUT2D eigenvalue weighted by Crippen LogP contribution is 2.46. The molecule has 0 radical (unpaired) electrons. The van der Waals surface area contributed by atoms with Crippen molar-refractivity contribution in [3.8, 4) is 39.7 Å². The Morgan fingerprint density at radius 2 is 0.812 bits per heavy atom. The Kier molecular flexibility index (Phi) is 9.48. The largest absolute Gasteiger partial charge is 0.416 e. The van der Waals surface area contributed by atoms with Crippen molar-refractivity contribution in [2.24, 2.45) is 0 Å². The zero-order chi connectivity index (χ0) is 45.8. The van der Waals surface area contributed by atoms with Crippen LogP contribution >= 0.6 is 0 Å². The van der Waals surface area contributed by atoms with Gasteiger partial charge in [-0.1, -0.05) is 35.4 Å². The lowest BCUT2D eigenvalue weighted by atomic mass is 9.93. The number of aromatic nitrogens is 2. The summed E-state index contributed by atoms with van der Waals surface area (Å²) in [6.07, 6.45) is -20.1. The highest BCUT2D eigenvalue weighted by molar-refractivity contribution is 6.12. The number of benzene rings is 7. The molecule has 15 heteroatoms. The van der Waals surface area contributed by atoms with Crippen molar-refractivity contribution in [2.75, 3.05) is 0 Å². The molecule has 3 nitrogen and oxygen atoms in total. The SMILES string of the molecule is Cc1ccc2c(c1)c1cc(C)ccc1n2-c1ccc(-c2cc(C(F)(F)F)cc(C(F)(F)F)c2)cc1-c1ccc(C#N)cc1-n1c2ccc(C(F)(F)F)cc2c2cc(C(F)(F)F)ccc21. The average Bonchev–Trinajstić information content (AvgIpc) is 3.72. The van der Waals surface area contributed by atoms with E-state index in [1.54, 1.807) is 0 Å². The first-order valence-corrected chi connectivity index (χ1v) is 19.2. The summed E-state index contributed by atoms with van der Waals surface area (Å²) < 4.78 is 173. The number of fused-ring (bicyclic) bond motifs is 6. The van der Waals surface area contributed by atoms with E-state index in [-0.39, 0.29) is 55.8 Å². The van der Waals surface area contributed by atoms with Gasteiger partial charge >= 0.3 is 24.7 Å². The first-order chi connectivity index (χ1) is 30.0. The Hall–Kier alpha value is -7.21. The van der Waals surface area contributed by atoms with Gasteiger partial charge in [-0.05, 0) is 128 Å². The number of aryl methyl sites for hydroxylation is 2. The smallest absolute Gasteiger partial charge is 0.309 e. The molecule has 7 aromatic carbocycles. The quantitative estimate of drug-likeness (QED) is 0.162. The highest BCUT2D eigenvalue weighted by Gasteiger charge is 2.38. The molecule has 0 aliphatic carbocycles. The molecule has 0 saturated heterocycles. The second-order valence-electron chi connectivity index (χ2n) is 15.5. The predicted octanol–water partition coefficient (Wildman–Crippen LogP) is 15.8. The molecule has 0 saturated carbocycles. The topological polar surface area (TPSA) is 33.6 Å². The normalized spacial score (nSPS) is 12.8. The molecule has 9 aromatic rings. The number of rotatable bonds is 4. The van der Waals surface area contributed by atoms with Crippen LogP contribution in [0.1, 0.15) is 38.9 Å². The first-order valence-electron chi connectivity index (χ1n) is 19.2. The third kappa shape index (κ3) is 7.16. The highest BCUT2D eigenvalue weighted by atomic mass is 19.4. The van der Waals surface area contributed by atoms with Crippen LogP contribution in [0.15, 0.2) is 127 Å². The van der Waals surface area contributed by atoms with Crippen molar-refractivity contribution < 1.29 is 52.7 Å². The van der Waals surface area contributed by atoms with E-state index in [0.717, 1.165) is 58.3 Å². The molecular formula is C49H27F12N3. The Balaban J connectivity index is 1.43. The maximum absolute atomic E-state index is 14.2. The minimum Gasteiger partial charge on any atom is -0.309 e. The van der Waals surface area contributed by atoms with Crippen molar-refractivity contribution in [2.45, 2.75) is 38.6 Å². The molecule has 64 heavy (non-hydrogen) atoms. The van der Waals surface area contributed by atoms with Gasteiger partial charge in [-0.25, -0.2) is 0 Å². The molecule has 0 amide bonds. The maximum atomic E-state index is 14.2. The lowest BCUT2D eigenvalue weighted by Crippen LogP contribution is -2.11. The first kappa shape index (κ1) is 42.1. The summed E-state index contributed by atoms with van der Waals surface area (Å²) in [5.41, 5.74) is -2.02. The fourth-order valence-corrected chi connectivity index (χ4v) is 8.41. The third-order valence-electron chi connectivity index (χ3n) is 11.3. The average molecular weight is 886 g/mol. The van der Waals surface area contributed by atoms with Crippen LogP contribution in [0.3, 0.4) is 0 Å². The number of nitriles is 1. The predicted molar refractivity (Wildman–Crippen MR) is 220 cm³/mol. The van der Waals surface area contributed by atoms with Gasteiger partial charge in [0.15, 0.2) is 0 Å². The lowest BCUT2D eigenvalue weighted by Gasteiger charge is -2.21. The fraction of sp³-hybridized carbons (Fsp3) is 0.122. The van der Waals surface area contributed by atoms with Gasteiger partial charge in [-0.15, -0.1) is 0 Å². The summed E-state index contributed by atoms with van der Waals surface area (Å²) in [6.45, 7) is 3.79. The monoisotopic (exact) mass is 885 g/mol. The summed E-state index contributed by atoms with van der Waals surface area (Å²) in [5, 5.41) is 11.4. The number of nitrogens with zero attached hydrogens (tertiary/aromatic N) is 3. The van der Waals surface area contributed by atoms with Gasteiger partial charge in [0, 0.05) is 32.7 Å². The van der Waals surface area contributed by atoms with Crippen molar-refractivity contribution in [3.63, 3.8) is 0 Å². The zero-order valence-corrected chi connectivity index (χ0v) is 33.0.